The third kappa shape index (κ3) is 2.56. The van der Waals surface area contributed by atoms with Crippen LogP contribution < -0.4 is 5.73 Å². The van der Waals surface area contributed by atoms with Gasteiger partial charge in [-0.1, -0.05) is 0 Å². The molecule has 0 aliphatic rings. The maximum Gasteiger partial charge on any atom is 0.145 e. The van der Waals surface area contributed by atoms with Gasteiger partial charge in [-0.15, -0.1) is 11.8 Å². The molecule has 0 bridgehead atoms. The van der Waals surface area contributed by atoms with E-state index in [4.69, 9.17) is 10.2 Å². The molecule has 2 rings (SSSR count). The second kappa shape index (κ2) is 4.44. The van der Waals surface area contributed by atoms with Crippen LogP contribution in [0.4, 0.5) is 5.82 Å². The van der Waals surface area contributed by atoms with Crippen molar-refractivity contribution in [2.45, 2.75) is 18.4 Å². The van der Waals surface area contributed by atoms with Crippen molar-refractivity contribution in [1.82, 2.24) is 9.78 Å². The van der Waals surface area contributed by atoms with Gasteiger partial charge in [-0.25, -0.2) is 0 Å². The highest BCUT2D eigenvalue weighted by Gasteiger charge is 2.01. The summed E-state index contributed by atoms with van der Waals surface area (Å²) in [5, 5.41) is 4.11. The Kier molecular flexibility index (Phi) is 3.01. The van der Waals surface area contributed by atoms with E-state index in [-0.39, 0.29) is 0 Å². The molecule has 0 radical (unpaired) electrons. The van der Waals surface area contributed by atoms with E-state index in [2.05, 4.69) is 5.10 Å². The third-order valence-corrected chi connectivity index (χ3v) is 3.17. The maximum absolute atomic E-state index is 5.52. The molecule has 0 saturated heterocycles. The van der Waals surface area contributed by atoms with E-state index in [0.717, 1.165) is 18.1 Å². The first-order valence-electron chi connectivity index (χ1n) is 4.71. The molecule has 0 fully saturated rings. The lowest BCUT2D eigenvalue weighted by Gasteiger charge is -2.00. The van der Waals surface area contributed by atoms with Gasteiger partial charge in [-0.2, -0.15) is 5.10 Å². The minimum Gasteiger partial charge on any atom is -0.468 e. The zero-order valence-corrected chi connectivity index (χ0v) is 9.33. The predicted octanol–water partition coefficient (Wildman–Crippen LogP) is 2.16. The monoisotopic (exact) mass is 223 g/mol. The zero-order valence-electron chi connectivity index (χ0n) is 8.51. The summed E-state index contributed by atoms with van der Waals surface area (Å²) in [5.74, 6) is 2.50. The summed E-state index contributed by atoms with van der Waals surface area (Å²) in [6.45, 7) is 2.82. The van der Waals surface area contributed by atoms with Crippen LogP contribution in [-0.4, -0.2) is 15.5 Å². The van der Waals surface area contributed by atoms with Crippen molar-refractivity contribution in [3.63, 3.8) is 0 Å². The van der Waals surface area contributed by atoms with Gasteiger partial charge < -0.3 is 10.2 Å². The number of hydrogen-bond donors (Lipinski definition) is 1. The normalized spacial score (nSPS) is 10.7. The Hall–Kier alpha value is -1.36. The highest BCUT2D eigenvalue weighted by molar-refractivity contribution is 7.99. The molecule has 0 saturated carbocycles. The Labute approximate surface area is 92.4 Å². The number of hydrogen-bond acceptors (Lipinski definition) is 4. The molecule has 80 valence electrons. The highest BCUT2D eigenvalue weighted by Crippen LogP contribution is 2.22. The summed E-state index contributed by atoms with van der Waals surface area (Å²) >= 11 is 1.76. The van der Waals surface area contributed by atoms with Crippen molar-refractivity contribution in [3.8, 4) is 0 Å². The molecule has 5 heteroatoms. The molecule has 0 aliphatic heterocycles. The third-order valence-electron chi connectivity index (χ3n) is 2.05. The van der Waals surface area contributed by atoms with Gasteiger partial charge in [0.25, 0.3) is 0 Å². The first kappa shape index (κ1) is 10.2. The van der Waals surface area contributed by atoms with E-state index in [1.807, 2.05) is 23.9 Å². The second-order valence-electron chi connectivity index (χ2n) is 3.19. The van der Waals surface area contributed by atoms with Crippen LogP contribution in [0.2, 0.25) is 0 Å². The number of aromatic nitrogens is 2. The van der Waals surface area contributed by atoms with Gasteiger partial charge in [0.2, 0.25) is 0 Å². The Balaban J connectivity index is 1.83. The van der Waals surface area contributed by atoms with Crippen LogP contribution in [0.15, 0.2) is 33.9 Å². The lowest BCUT2D eigenvalue weighted by Crippen LogP contribution is -2.01. The number of furan rings is 1. The van der Waals surface area contributed by atoms with Crippen molar-refractivity contribution < 1.29 is 4.42 Å². The van der Waals surface area contributed by atoms with Crippen molar-refractivity contribution >= 4 is 17.6 Å². The lowest BCUT2D eigenvalue weighted by molar-refractivity contribution is 0.527. The van der Waals surface area contributed by atoms with E-state index in [1.165, 1.54) is 4.90 Å². The largest absolute Gasteiger partial charge is 0.468 e. The van der Waals surface area contributed by atoms with E-state index >= 15 is 0 Å². The molecule has 2 aromatic heterocycles. The van der Waals surface area contributed by atoms with Gasteiger partial charge in [0.15, 0.2) is 0 Å². The van der Waals surface area contributed by atoms with E-state index < -0.39 is 0 Å². The molecule has 0 spiro atoms. The van der Waals surface area contributed by atoms with Crippen molar-refractivity contribution in [3.05, 3.63) is 30.4 Å². The van der Waals surface area contributed by atoms with E-state index in [9.17, 15) is 0 Å². The Morgan fingerprint density at radius 2 is 2.40 bits per heavy atom. The van der Waals surface area contributed by atoms with Crippen LogP contribution in [0, 0.1) is 6.92 Å². The summed E-state index contributed by atoms with van der Waals surface area (Å²) in [4.78, 5) is 1.19. The average molecular weight is 223 g/mol. The summed E-state index contributed by atoms with van der Waals surface area (Å²) in [7, 11) is 0. The van der Waals surface area contributed by atoms with Crippen LogP contribution in [-0.2, 0) is 6.54 Å². The molecule has 0 atom stereocenters. The molecule has 2 N–H and O–H groups in total. The Morgan fingerprint density at radius 3 is 3.00 bits per heavy atom. The fourth-order valence-corrected chi connectivity index (χ4v) is 2.18. The number of anilines is 1. The summed E-state index contributed by atoms with van der Waals surface area (Å²) in [6.07, 6.45) is 3.60. The van der Waals surface area contributed by atoms with Gasteiger partial charge in [0.1, 0.15) is 11.6 Å². The van der Waals surface area contributed by atoms with Crippen LogP contribution >= 0.6 is 11.8 Å². The maximum atomic E-state index is 5.52. The van der Waals surface area contributed by atoms with Gasteiger partial charge in [-0.05, 0) is 19.1 Å². The minimum atomic E-state index is 0.569. The smallest absolute Gasteiger partial charge is 0.145 e. The summed E-state index contributed by atoms with van der Waals surface area (Å²) in [6, 6.07) is 3.78. The Morgan fingerprint density at radius 1 is 1.53 bits per heavy atom. The predicted molar refractivity (Wildman–Crippen MR) is 60.8 cm³/mol. The quantitative estimate of drug-likeness (QED) is 0.807. The number of aryl methyl sites for hydroxylation is 2. The summed E-state index contributed by atoms with van der Waals surface area (Å²) in [5.41, 5.74) is 5.52. The fraction of sp³-hybridized carbons (Fsp3) is 0.300. The molecule has 2 aromatic rings. The molecule has 0 amide bonds. The SMILES string of the molecule is Cc1occc1SCCn1ccc(N)n1. The van der Waals surface area contributed by atoms with Crippen molar-refractivity contribution in [1.29, 1.82) is 0 Å². The number of nitrogens with zero attached hydrogens (tertiary/aromatic N) is 2. The standard InChI is InChI=1S/C10H13N3OS/c1-8-9(3-6-14-8)15-7-5-13-4-2-10(11)12-13/h2-4,6H,5,7H2,1H3,(H2,11,12). The van der Waals surface area contributed by atoms with Gasteiger partial charge >= 0.3 is 0 Å². The van der Waals surface area contributed by atoms with E-state index in [1.54, 1.807) is 24.1 Å². The van der Waals surface area contributed by atoms with Crippen LogP contribution in [0.25, 0.3) is 0 Å². The molecule has 0 unspecified atom stereocenters. The fourth-order valence-electron chi connectivity index (χ4n) is 1.27. The average Bonchev–Trinajstić information content (AvgIpc) is 2.77. The molecule has 0 aliphatic carbocycles. The molecule has 15 heavy (non-hydrogen) atoms. The molecule has 0 aromatic carbocycles. The van der Waals surface area contributed by atoms with Crippen molar-refractivity contribution in [2.24, 2.45) is 0 Å². The summed E-state index contributed by atoms with van der Waals surface area (Å²) < 4.78 is 7.05. The first-order valence-corrected chi connectivity index (χ1v) is 5.70. The molecular weight excluding hydrogens is 210 g/mol. The minimum absolute atomic E-state index is 0.569. The number of nitrogen functional groups attached to an aromatic ring is 1. The van der Waals surface area contributed by atoms with Crippen LogP contribution in [0.1, 0.15) is 5.76 Å². The number of thioether (sulfide) groups is 1. The number of rotatable bonds is 4. The Bertz CT molecular complexity index is 435. The lowest BCUT2D eigenvalue weighted by atomic mass is 10.5. The zero-order chi connectivity index (χ0) is 10.7. The first-order chi connectivity index (χ1) is 7.25. The number of nitrogens with two attached hydrogens (primary N) is 1. The van der Waals surface area contributed by atoms with E-state index in [0.29, 0.717) is 5.82 Å². The topological polar surface area (TPSA) is 57.0 Å². The second-order valence-corrected chi connectivity index (χ2v) is 4.33. The molecular formula is C10H13N3OS. The van der Waals surface area contributed by atoms with Crippen LogP contribution in [0.3, 0.4) is 0 Å². The van der Waals surface area contributed by atoms with Gasteiger partial charge in [0, 0.05) is 16.8 Å². The molecule has 4 nitrogen and oxygen atoms in total. The van der Waals surface area contributed by atoms with Gasteiger partial charge in [0.05, 0.1) is 12.8 Å². The molecule has 2 heterocycles. The van der Waals surface area contributed by atoms with Crippen LogP contribution in [0.5, 0.6) is 0 Å². The van der Waals surface area contributed by atoms with Crippen molar-refractivity contribution in [2.75, 3.05) is 11.5 Å². The highest BCUT2D eigenvalue weighted by atomic mass is 32.2. The van der Waals surface area contributed by atoms with Gasteiger partial charge in [-0.3, -0.25) is 4.68 Å².